The molecule has 5 saturated heterocycles. The molecule has 0 unspecified atom stereocenters. The second kappa shape index (κ2) is 46.7. The molecule has 1 aliphatic carbocycles. The minimum absolute atomic E-state index is 0.167. The lowest BCUT2D eigenvalue weighted by Crippen LogP contribution is -2.40. The standard InChI is InChI=1S/C7H14N2.C7H13N.C6H12N2.3C5H10N2.2C5H12N2.C4H8N2.C4H10N2.C2H6N2/c1-7(8)9-5-3-2-4-6-9;1-6(8)7-4-2-3-5-7;1-6(7-2)8-4-3-5-8;1-5-6-3-4-7(5)2;1-5(6-2)7-3-4-7;1-5(6)7-3-2-4-7;1-5(6-2)7(3)4;1-4-7(3)5(2)6;1-4(5)6-2-3-6;1-4(5)6(2)3;1-2(3)4/h8H,2-6H2,1H3;7-8H,2-5H2,1H3;3-5H2,1-2H3;2*3-4H2,1-2H3;6H,2-4H2,1H3;1-4H3;6H,4H2,1-3H3;5H,2-3H2,1H3;5H,1-3H3;1H3,(H3,3,4). The van der Waals surface area contributed by atoms with Crippen molar-refractivity contribution in [2.45, 2.75) is 141 Å². The number of nitrogens with zero attached hydrogens (tertiary/aromatic N) is 13. The van der Waals surface area contributed by atoms with Crippen LogP contribution >= 0.6 is 0 Å². The Morgan fingerprint density at radius 2 is 0.855 bits per heavy atom. The third-order valence-electron chi connectivity index (χ3n) is 12.9. The molecule has 6 heterocycles. The van der Waals surface area contributed by atoms with Crippen LogP contribution in [0.25, 0.3) is 0 Å². The summed E-state index contributed by atoms with van der Waals surface area (Å²) in [7, 11) is 17.1. The molecule has 6 aliphatic heterocycles. The third-order valence-corrected chi connectivity index (χ3v) is 12.9. The molecule has 76 heavy (non-hydrogen) atoms. The lowest BCUT2D eigenvalue weighted by atomic mass is 10.0. The van der Waals surface area contributed by atoms with E-state index in [9.17, 15) is 0 Å². The summed E-state index contributed by atoms with van der Waals surface area (Å²) in [6.45, 7) is 37.1. The Bertz CT molecular complexity index is 1690. The first-order chi connectivity index (χ1) is 35.4. The molecule has 21 heteroatoms. The number of aliphatic imine (C=N–C) groups is 4. The molecule has 0 atom stereocenters. The molecule has 1 saturated carbocycles. The summed E-state index contributed by atoms with van der Waals surface area (Å²) < 4.78 is 0. The first-order valence-electron chi connectivity index (χ1n) is 27.4. The molecular formula is C55H117N21. The van der Waals surface area contributed by atoms with Crippen LogP contribution in [0.2, 0.25) is 0 Å². The van der Waals surface area contributed by atoms with E-state index < -0.39 is 0 Å². The van der Waals surface area contributed by atoms with E-state index in [2.05, 4.69) is 58.4 Å². The topological polar surface area (TPSA) is 271 Å². The zero-order chi connectivity index (χ0) is 59.5. The average molecular weight is 1070 g/mol. The maximum Gasteiger partial charge on any atom is 0.0956 e. The van der Waals surface area contributed by atoms with Crippen molar-refractivity contribution >= 4 is 64.1 Å². The van der Waals surface area contributed by atoms with Crippen LogP contribution in [0.4, 0.5) is 0 Å². The van der Waals surface area contributed by atoms with Gasteiger partial charge < -0.3 is 55.2 Å². The van der Waals surface area contributed by atoms with Crippen LogP contribution in [0.5, 0.6) is 0 Å². The van der Waals surface area contributed by atoms with E-state index in [1.165, 1.54) is 108 Å². The predicted octanol–water partition coefficient (Wildman–Crippen LogP) is 8.13. The van der Waals surface area contributed by atoms with Crippen molar-refractivity contribution in [3.63, 3.8) is 0 Å². The van der Waals surface area contributed by atoms with Crippen molar-refractivity contribution in [2.75, 3.05) is 149 Å². The van der Waals surface area contributed by atoms with Gasteiger partial charge in [-0.25, -0.2) is 0 Å². The summed E-state index contributed by atoms with van der Waals surface area (Å²) >= 11 is 0. The second-order valence-corrected chi connectivity index (χ2v) is 19.9. The zero-order valence-corrected chi connectivity index (χ0v) is 52.5. The monoisotopic (exact) mass is 1070 g/mol. The van der Waals surface area contributed by atoms with Gasteiger partial charge in [-0.3, -0.25) is 52.4 Å². The van der Waals surface area contributed by atoms with Gasteiger partial charge in [0, 0.05) is 148 Å². The number of nitrogens with two attached hydrogens (primary N) is 1. The third kappa shape index (κ3) is 46.9. The number of hydrogen-bond donors (Lipinski definition) is 8. The predicted molar refractivity (Wildman–Crippen MR) is 334 cm³/mol. The summed E-state index contributed by atoms with van der Waals surface area (Å²) in [5, 5.41) is 48.8. The Labute approximate surface area is 465 Å². The van der Waals surface area contributed by atoms with Gasteiger partial charge in [0.05, 0.1) is 64.9 Å². The van der Waals surface area contributed by atoms with Crippen molar-refractivity contribution in [2.24, 2.45) is 31.6 Å². The zero-order valence-electron chi connectivity index (χ0n) is 52.5. The molecule has 6 fully saturated rings. The van der Waals surface area contributed by atoms with E-state index in [1.807, 2.05) is 119 Å². The van der Waals surface area contributed by atoms with Gasteiger partial charge in [0.2, 0.25) is 0 Å². The fraction of sp³-hybridized carbons (Fsp3) is 0.800. The van der Waals surface area contributed by atoms with Gasteiger partial charge in [0.25, 0.3) is 0 Å². The normalized spacial score (nSPS) is 16.5. The lowest BCUT2D eigenvalue weighted by Gasteiger charge is -2.32. The highest BCUT2D eigenvalue weighted by atomic mass is 15.3. The molecule has 0 bridgehead atoms. The Hall–Kier alpha value is -5.63. The minimum Gasteiger partial charge on any atom is -0.388 e. The van der Waals surface area contributed by atoms with Crippen LogP contribution in [0.3, 0.4) is 0 Å². The van der Waals surface area contributed by atoms with Crippen LogP contribution in [0.15, 0.2) is 20.0 Å². The van der Waals surface area contributed by atoms with Gasteiger partial charge in [-0.2, -0.15) is 0 Å². The molecule has 9 N–H and O–H groups in total. The van der Waals surface area contributed by atoms with Crippen LogP contribution in [0, 0.1) is 43.8 Å². The maximum absolute atomic E-state index is 7.31. The Kier molecular flexibility index (Phi) is 47.2. The van der Waals surface area contributed by atoms with Crippen molar-refractivity contribution in [1.82, 2.24) is 44.1 Å². The van der Waals surface area contributed by atoms with Gasteiger partial charge in [-0.05, 0) is 134 Å². The highest BCUT2D eigenvalue weighted by Crippen LogP contribution is 2.25. The van der Waals surface area contributed by atoms with Crippen LogP contribution in [-0.2, 0) is 0 Å². The molecule has 21 nitrogen and oxygen atoms in total. The fourth-order valence-corrected chi connectivity index (χ4v) is 6.00. The highest BCUT2D eigenvalue weighted by molar-refractivity contribution is 5.83. The smallest absolute Gasteiger partial charge is 0.0956 e. The molecule has 0 aromatic rings. The molecule has 7 aliphatic rings. The summed E-state index contributed by atoms with van der Waals surface area (Å²) in [4.78, 5) is 34.6. The van der Waals surface area contributed by atoms with Crippen molar-refractivity contribution < 1.29 is 0 Å². The SMILES string of the molecule is CC(=N)C1CCCC1.CC(=N)N.CC(=N)N(C)C.CC(=N)N1CC1.CC(=N)N1CCC1.CC(=N)N1CCCCC1.CC1=NCCN1C.CCN(C)C(C)=N.CN=C(C)N(C)C.CN=C(C)N1CC1.CN=C(C)N1CCC1. The Balaban J connectivity index is -0.000000377. The summed E-state index contributed by atoms with van der Waals surface area (Å²) in [5.74, 6) is 8.75. The molecule has 0 radical (unpaired) electrons. The first kappa shape index (κ1) is 76.9. The minimum atomic E-state index is 0.167. The molecule has 0 spiro atoms. The molecule has 442 valence electrons. The molecule has 0 aromatic heterocycles. The van der Waals surface area contributed by atoms with Crippen molar-refractivity contribution in [1.29, 1.82) is 37.9 Å². The van der Waals surface area contributed by atoms with E-state index in [0.29, 0.717) is 29.3 Å². The Morgan fingerprint density at radius 1 is 0.513 bits per heavy atom. The average Bonchev–Trinajstić information content (AvgIpc) is 4.27. The van der Waals surface area contributed by atoms with Crippen LogP contribution in [0.1, 0.15) is 141 Å². The molecule has 7 rings (SSSR count). The van der Waals surface area contributed by atoms with E-state index in [-0.39, 0.29) is 5.84 Å². The van der Waals surface area contributed by atoms with E-state index in [0.717, 1.165) is 76.3 Å². The number of likely N-dealkylation sites (N-methyl/N-ethyl adjacent to an activating group) is 1. The molecular weight excluding hydrogens is 955 g/mol. The van der Waals surface area contributed by atoms with Crippen LogP contribution in [-0.4, -0.2) is 257 Å². The van der Waals surface area contributed by atoms with E-state index in [4.69, 9.17) is 43.6 Å². The molecule has 0 amide bonds. The summed E-state index contributed by atoms with van der Waals surface area (Å²) in [6, 6.07) is 0. The van der Waals surface area contributed by atoms with E-state index >= 15 is 0 Å². The van der Waals surface area contributed by atoms with Gasteiger partial charge in [-0.1, -0.05) is 12.8 Å². The van der Waals surface area contributed by atoms with Crippen molar-refractivity contribution in [3.8, 4) is 0 Å². The fourth-order valence-electron chi connectivity index (χ4n) is 6.00. The molecule has 0 aromatic carbocycles. The number of amidine groups is 10. The highest BCUT2D eigenvalue weighted by Gasteiger charge is 2.18. The quantitative estimate of drug-likeness (QED) is 0.0747. The number of rotatable bonds is 2. The van der Waals surface area contributed by atoms with E-state index in [1.54, 1.807) is 25.8 Å². The largest absolute Gasteiger partial charge is 0.388 e. The number of hydrogen-bond acceptors (Lipinski definition) is 12. The van der Waals surface area contributed by atoms with Crippen LogP contribution < -0.4 is 5.73 Å². The Morgan fingerprint density at radius 3 is 0.961 bits per heavy atom. The van der Waals surface area contributed by atoms with Gasteiger partial charge in [0.1, 0.15) is 0 Å². The van der Waals surface area contributed by atoms with Gasteiger partial charge in [0.15, 0.2) is 0 Å². The number of nitrogens with one attached hydrogen (secondary N) is 7. The van der Waals surface area contributed by atoms with Gasteiger partial charge >= 0.3 is 0 Å². The maximum atomic E-state index is 7.31. The second-order valence-electron chi connectivity index (χ2n) is 19.9. The summed E-state index contributed by atoms with van der Waals surface area (Å²) in [5.41, 5.74) is 5.59. The lowest BCUT2D eigenvalue weighted by molar-refractivity contribution is 0.296. The number of likely N-dealkylation sites (tertiary alicyclic amines) is 3. The van der Waals surface area contributed by atoms with Gasteiger partial charge in [-0.15, -0.1) is 0 Å². The summed E-state index contributed by atoms with van der Waals surface area (Å²) in [6.07, 6.45) is 11.8. The number of piperidine rings is 1. The first-order valence-corrected chi connectivity index (χ1v) is 27.4. The van der Waals surface area contributed by atoms with Crippen molar-refractivity contribution in [3.05, 3.63) is 0 Å².